The van der Waals surface area contributed by atoms with Crippen molar-refractivity contribution < 1.29 is 14.3 Å². The third-order valence-corrected chi connectivity index (χ3v) is 2.56. The van der Waals surface area contributed by atoms with Crippen LogP contribution in [0, 0.1) is 0 Å². The monoisotopic (exact) mass is 268 g/mol. The molecule has 0 aliphatic rings. The first-order chi connectivity index (χ1) is 6.99. The molecule has 15 heavy (non-hydrogen) atoms. The van der Waals surface area contributed by atoms with Crippen LogP contribution in [0.1, 0.15) is 10.5 Å². The van der Waals surface area contributed by atoms with E-state index in [4.69, 9.17) is 40.5 Å². The molecule has 0 spiro atoms. The molecule has 5 nitrogen and oxygen atoms in total. The van der Waals surface area contributed by atoms with Crippen LogP contribution in [-0.2, 0) is 9.53 Å². The van der Waals surface area contributed by atoms with Gasteiger partial charge in [0.15, 0.2) is 10.8 Å². The average molecular weight is 269 g/mol. The highest BCUT2D eigenvalue weighted by molar-refractivity contribution is 6.46. The molecule has 0 fully saturated rings. The Kier molecular flexibility index (Phi) is 3.73. The van der Waals surface area contributed by atoms with E-state index in [1.54, 1.807) is 0 Å². The van der Waals surface area contributed by atoms with Crippen molar-refractivity contribution in [3.05, 3.63) is 20.9 Å². The number of nitrogens with two attached hydrogens (primary N) is 1. The first-order valence-electron chi connectivity index (χ1n) is 3.43. The fourth-order valence-corrected chi connectivity index (χ4v) is 1.35. The van der Waals surface area contributed by atoms with Crippen molar-refractivity contribution in [2.45, 2.75) is 0 Å². The first-order valence-corrected chi connectivity index (χ1v) is 4.57. The maximum absolute atomic E-state index is 11.1. The molecule has 80 valence electrons. The van der Waals surface area contributed by atoms with Crippen LogP contribution < -0.4 is 5.73 Å². The highest BCUT2D eigenvalue weighted by atomic mass is 35.5. The maximum atomic E-state index is 11.1. The van der Waals surface area contributed by atoms with E-state index in [0.29, 0.717) is 0 Å². The molecule has 8 heteroatoms. The van der Waals surface area contributed by atoms with E-state index in [2.05, 4.69) is 9.72 Å². The Hall–Kier alpha value is -1.04. The summed E-state index contributed by atoms with van der Waals surface area (Å²) in [4.78, 5) is 24.6. The predicted molar refractivity (Wildman–Crippen MR) is 55.2 cm³/mol. The zero-order chi connectivity index (χ0) is 11.6. The molecule has 1 aromatic heterocycles. The molecular formula is C7H3Cl3N2O3. The summed E-state index contributed by atoms with van der Waals surface area (Å²) in [5.74, 6) is -1.06. The summed E-state index contributed by atoms with van der Waals surface area (Å²) in [7, 11) is 0. The normalized spacial score (nSPS) is 9.80. The number of carbonyl (C=O) groups is 2. The third kappa shape index (κ3) is 2.31. The van der Waals surface area contributed by atoms with Gasteiger partial charge in [-0.15, -0.1) is 0 Å². The van der Waals surface area contributed by atoms with Crippen LogP contribution in [0.3, 0.4) is 0 Å². The highest BCUT2D eigenvalue weighted by Crippen LogP contribution is 2.34. The summed E-state index contributed by atoms with van der Waals surface area (Å²) in [5, 5.41) is -0.475. The molecule has 0 amide bonds. The highest BCUT2D eigenvalue weighted by Gasteiger charge is 2.20. The lowest BCUT2D eigenvalue weighted by atomic mass is 10.3. The van der Waals surface area contributed by atoms with Gasteiger partial charge in [0.25, 0.3) is 0 Å². The van der Waals surface area contributed by atoms with Gasteiger partial charge in [0.1, 0.15) is 5.02 Å². The maximum Gasteiger partial charge on any atom is 0.366 e. The van der Waals surface area contributed by atoms with Crippen LogP contribution in [0.5, 0.6) is 0 Å². The minimum atomic E-state index is -1.06. The van der Waals surface area contributed by atoms with Crippen molar-refractivity contribution in [2.75, 3.05) is 5.73 Å². The van der Waals surface area contributed by atoms with Gasteiger partial charge < -0.3 is 10.5 Å². The Balaban J connectivity index is 3.31. The molecule has 1 rings (SSSR count). The van der Waals surface area contributed by atoms with Crippen LogP contribution in [0.25, 0.3) is 0 Å². The Morgan fingerprint density at radius 1 is 1.33 bits per heavy atom. The molecule has 0 unspecified atom stereocenters. The van der Waals surface area contributed by atoms with Gasteiger partial charge in [-0.3, -0.25) is 4.79 Å². The number of rotatable bonds is 2. The van der Waals surface area contributed by atoms with Crippen molar-refractivity contribution in [2.24, 2.45) is 0 Å². The van der Waals surface area contributed by atoms with Crippen LogP contribution in [0.2, 0.25) is 15.2 Å². The number of pyridine rings is 1. The van der Waals surface area contributed by atoms with Gasteiger partial charge in [0.05, 0.1) is 10.7 Å². The number of carbonyl (C=O) groups excluding carboxylic acids is 2. The number of esters is 1. The van der Waals surface area contributed by atoms with Gasteiger partial charge in [0.2, 0.25) is 0 Å². The summed E-state index contributed by atoms with van der Waals surface area (Å²) in [6.07, 6.45) is 0. The zero-order valence-electron chi connectivity index (χ0n) is 6.96. The van der Waals surface area contributed by atoms with Crippen molar-refractivity contribution in [3.8, 4) is 0 Å². The van der Waals surface area contributed by atoms with Crippen molar-refractivity contribution >= 4 is 52.9 Å². The Labute approximate surface area is 99.1 Å². The SMILES string of the molecule is Nc1c(Cl)c(Cl)nc(C(=O)OC=O)c1Cl. The fourth-order valence-electron chi connectivity index (χ4n) is 0.766. The summed E-state index contributed by atoms with van der Waals surface area (Å²) < 4.78 is 4.03. The van der Waals surface area contributed by atoms with E-state index in [1.807, 2.05) is 0 Å². The molecular weight excluding hydrogens is 266 g/mol. The summed E-state index contributed by atoms with van der Waals surface area (Å²) in [6, 6.07) is 0. The smallest absolute Gasteiger partial charge is 0.366 e. The Morgan fingerprint density at radius 3 is 2.47 bits per heavy atom. The summed E-state index contributed by atoms with van der Waals surface area (Å²) in [5.41, 5.74) is 4.97. The van der Waals surface area contributed by atoms with Gasteiger partial charge in [0, 0.05) is 0 Å². The van der Waals surface area contributed by atoms with E-state index in [9.17, 15) is 9.59 Å². The molecule has 0 bridgehead atoms. The number of aromatic nitrogens is 1. The number of halogens is 3. The Bertz CT molecular complexity index is 436. The Morgan fingerprint density at radius 2 is 1.93 bits per heavy atom. The number of nitrogens with zero attached hydrogens (tertiary/aromatic N) is 1. The number of hydrogen-bond donors (Lipinski definition) is 1. The van der Waals surface area contributed by atoms with E-state index in [1.165, 1.54) is 0 Å². The van der Waals surface area contributed by atoms with Crippen LogP contribution in [0.15, 0.2) is 0 Å². The molecule has 1 heterocycles. The third-order valence-electron chi connectivity index (χ3n) is 1.42. The van der Waals surface area contributed by atoms with E-state index < -0.39 is 5.97 Å². The number of hydrogen-bond acceptors (Lipinski definition) is 5. The minimum absolute atomic E-state index is 0.0565. The lowest BCUT2D eigenvalue weighted by molar-refractivity contribution is -0.123. The standard InChI is InChI=1S/C7H3Cl3N2O3/c8-2-4(11)3(9)6(10)12-5(2)7(14)15-1-13/h1H,(H2,11,12). The second kappa shape index (κ2) is 4.65. The molecule has 0 radical (unpaired) electrons. The molecule has 0 aliphatic carbocycles. The van der Waals surface area contributed by atoms with Crippen LogP contribution in [0.4, 0.5) is 5.69 Å². The molecule has 0 saturated carbocycles. The quantitative estimate of drug-likeness (QED) is 0.384. The second-order valence-corrected chi connectivity index (χ2v) is 3.41. The van der Waals surface area contributed by atoms with Crippen molar-refractivity contribution in [1.29, 1.82) is 0 Å². The van der Waals surface area contributed by atoms with Gasteiger partial charge in [-0.2, -0.15) is 0 Å². The van der Waals surface area contributed by atoms with Gasteiger partial charge in [-0.05, 0) is 0 Å². The van der Waals surface area contributed by atoms with Gasteiger partial charge in [-0.25, -0.2) is 9.78 Å². The molecule has 0 saturated heterocycles. The van der Waals surface area contributed by atoms with Crippen molar-refractivity contribution in [1.82, 2.24) is 4.98 Å². The van der Waals surface area contributed by atoms with Crippen molar-refractivity contribution in [3.63, 3.8) is 0 Å². The average Bonchev–Trinajstić information content (AvgIpc) is 2.20. The van der Waals surface area contributed by atoms with E-state index in [0.717, 1.165) is 0 Å². The summed E-state index contributed by atoms with van der Waals surface area (Å²) >= 11 is 16.8. The lowest BCUT2D eigenvalue weighted by Gasteiger charge is -2.06. The molecule has 1 aromatic rings. The molecule has 2 N–H and O–H groups in total. The summed E-state index contributed by atoms with van der Waals surface area (Å²) in [6.45, 7) is -0.0565. The molecule has 0 aliphatic heterocycles. The fraction of sp³-hybridized carbons (Fsp3) is 0. The topological polar surface area (TPSA) is 82.3 Å². The van der Waals surface area contributed by atoms with E-state index >= 15 is 0 Å². The number of nitrogen functional groups attached to an aromatic ring is 1. The van der Waals surface area contributed by atoms with Gasteiger partial charge in [-0.1, -0.05) is 34.8 Å². The van der Waals surface area contributed by atoms with E-state index in [-0.39, 0.29) is 33.1 Å². The molecule has 0 aromatic carbocycles. The lowest BCUT2D eigenvalue weighted by Crippen LogP contribution is -2.09. The van der Waals surface area contributed by atoms with Crippen LogP contribution >= 0.6 is 34.8 Å². The second-order valence-electron chi connectivity index (χ2n) is 2.29. The minimum Gasteiger partial charge on any atom is -0.396 e. The van der Waals surface area contributed by atoms with Gasteiger partial charge >= 0.3 is 12.4 Å². The zero-order valence-corrected chi connectivity index (χ0v) is 9.23. The first kappa shape index (κ1) is 12.0. The molecule has 0 atom stereocenters. The number of ether oxygens (including phenoxy) is 1. The van der Waals surface area contributed by atoms with Crippen LogP contribution in [-0.4, -0.2) is 17.4 Å². The largest absolute Gasteiger partial charge is 0.396 e. The predicted octanol–water partition coefficient (Wildman–Crippen LogP) is 1.94. The number of anilines is 1.